The molecule has 2 fully saturated rings. The summed E-state index contributed by atoms with van der Waals surface area (Å²) in [5.74, 6) is -0.237. The molecule has 1 saturated heterocycles. The van der Waals surface area contributed by atoms with Crippen molar-refractivity contribution in [2.45, 2.75) is 76.8 Å². The van der Waals surface area contributed by atoms with Gasteiger partial charge < -0.3 is 9.47 Å². The zero-order chi connectivity index (χ0) is 10.2. The Morgan fingerprint density at radius 2 is 1.71 bits per heavy atom. The van der Waals surface area contributed by atoms with E-state index in [1.807, 2.05) is 0 Å². The Bertz CT molecular complexity index is 204. The molecule has 0 N–H and O–H groups in total. The van der Waals surface area contributed by atoms with Crippen molar-refractivity contribution in [2.24, 2.45) is 0 Å². The summed E-state index contributed by atoms with van der Waals surface area (Å²) in [5, 5.41) is 0. The number of ether oxygens (including phenoxy) is 2. The normalized spacial score (nSPS) is 35.8. The summed E-state index contributed by atoms with van der Waals surface area (Å²) >= 11 is 0. The fraction of sp³-hybridized carbons (Fsp3) is 1.00. The Morgan fingerprint density at radius 3 is 2.29 bits per heavy atom. The first-order valence-corrected chi connectivity index (χ1v) is 5.89. The molecule has 1 aliphatic carbocycles. The second kappa shape index (κ2) is 3.49. The molecule has 1 spiro atoms. The fourth-order valence-corrected chi connectivity index (χ4v) is 2.98. The van der Waals surface area contributed by atoms with Crippen LogP contribution in [0.3, 0.4) is 0 Å². The molecule has 2 nitrogen and oxygen atoms in total. The van der Waals surface area contributed by atoms with Crippen LogP contribution in [0.15, 0.2) is 0 Å². The maximum atomic E-state index is 6.15. The lowest BCUT2D eigenvalue weighted by Gasteiger charge is -2.49. The molecule has 1 aliphatic heterocycles. The molecule has 2 aliphatic rings. The summed E-state index contributed by atoms with van der Waals surface area (Å²) < 4.78 is 12.2. The highest BCUT2D eigenvalue weighted by molar-refractivity contribution is 4.87. The summed E-state index contributed by atoms with van der Waals surface area (Å²) in [6.07, 6.45) is 7.36. The molecule has 1 saturated carbocycles. The van der Waals surface area contributed by atoms with E-state index in [1.165, 1.54) is 19.3 Å². The number of hydrogen-bond acceptors (Lipinski definition) is 2. The maximum Gasteiger partial charge on any atom is 0.169 e. The minimum absolute atomic E-state index is 0.00495. The average molecular weight is 198 g/mol. The topological polar surface area (TPSA) is 18.5 Å². The van der Waals surface area contributed by atoms with Crippen LogP contribution in [0, 0.1) is 0 Å². The molecule has 0 amide bonds. The van der Waals surface area contributed by atoms with Gasteiger partial charge in [-0.15, -0.1) is 0 Å². The van der Waals surface area contributed by atoms with Crippen molar-refractivity contribution in [3.63, 3.8) is 0 Å². The molecule has 82 valence electrons. The van der Waals surface area contributed by atoms with Crippen molar-refractivity contribution < 1.29 is 9.47 Å². The highest BCUT2D eigenvalue weighted by Gasteiger charge is 2.45. The summed E-state index contributed by atoms with van der Waals surface area (Å²) in [7, 11) is 0. The molecule has 0 aromatic carbocycles. The van der Waals surface area contributed by atoms with Crippen LogP contribution in [0.5, 0.6) is 0 Å². The Morgan fingerprint density at radius 1 is 1.07 bits per heavy atom. The van der Waals surface area contributed by atoms with Crippen molar-refractivity contribution in [3.05, 3.63) is 0 Å². The first-order chi connectivity index (χ1) is 6.52. The smallest absolute Gasteiger partial charge is 0.169 e. The van der Waals surface area contributed by atoms with Crippen LogP contribution in [0.25, 0.3) is 0 Å². The molecule has 1 heterocycles. The molecule has 0 radical (unpaired) electrons. The van der Waals surface area contributed by atoms with Crippen LogP contribution >= 0.6 is 0 Å². The molecular weight excluding hydrogens is 176 g/mol. The van der Waals surface area contributed by atoms with Crippen LogP contribution in [-0.2, 0) is 9.47 Å². The van der Waals surface area contributed by atoms with Gasteiger partial charge in [0.05, 0.1) is 11.7 Å². The Labute approximate surface area is 87.0 Å². The van der Waals surface area contributed by atoms with Gasteiger partial charge in [0.15, 0.2) is 5.79 Å². The van der Waals surface area contributed by atoms with Gasteiger partial charge in [-0.05, 0) is 33.6 Å². The van der Waals surface area contributed by atoms with Gasteiger partial charge in [0.2, 0.25) is 0 Å². The molecule has 2 heteroatoms. The van der Waals surface area contributed by atoms with E-state index < -0.39 is 0 Å². The second-order valence-electron chi connectivity index (χ2n) is 5.47. The summed E-state index contributed by atoms with van der Waals surface area (Å²) in [6, 6.07) is 0. The van der Waals surface area contributed by atoms with Gasteiger partial charge in [0.25, 0.3) is 0 Å². The summed E-state index contributed by atoms with van der Waals surface area (Å²) in [5.41, 5.74) is -0.00495. The van der Waals surface area contributed by atoms with Crippen molar-refractivity contribution in [1.82, 2.24) is 0 Å². The van der Waals surface area contributed by atoms with Gasteiger partial charge in [-0.1, -0.05) is 6.42 Å². The van der Waals surface area contributed by atoms with E-state index in [9.17, 15) is 0 Å². The quantitative estimate of drug-likeness (QED) is 0.595. The van der Waals surface area contributed by atoms with Crippen LogP contribution in [0.2, 0.25) is 0 Å². The number of hydrogen-bond donors (Lipinski definition) is 0. The van der Waals surface area contributed by atoms with Gasteiger partial charge in [-0.2, -0.15) is 0 Å². The van der Waals surface area contributed by atoms with Crippen LogP contribution in [-0.4, -0.2) is 17.5 Å². The van der Waals surface area contributed by atoms with Gasteiger partial charge >= 0.3 is 0 Å². The standard InChI is InChI=1S/C12H22O2/c1-10-9-11(2,3)14-12(13-10)7-5-4-6-8-12/h10H,4-9H2,1-3H3/t10-/m0/s1. The first-order valence-electron chi connectivity index (χ1n) is 5.89. The maximum absolute atomic E-state index is 6.15. The Balaban J connectivity index is 2.10. The highest BCUT2D eigenvalue weighted by atomic mass is 16.7. The molecule has 0 aromatic rings. The zero-order valence-electron chi connectivity index (χ0n) is 9.64. The molecular formula is C12H22O2. The van der Waals surface area contributed by atoms with Crippen molar-refractivity contribution in [3.8, 4) is 0 Å². The lowest BCUT2D eigenvalue weighted by molar-refractivity contribution is -0.349. The SMILES string of the molecule is C[C@H]1CC(C)(C)OC2(CCCCC2)O1. The third-order valence-electron chi connectivity index (χ3n) is 3.27. The molecule has 0 bridgehead atoms. The molecule has 0 aromatic heterocycles. The van der Waals surface area contributed by atoms with Gasteiger partial charge in [-0.3, -0.25) is 0 Å². The fourth-order valence-electron chi connectivity index (χ4n) is 2.98. The third-order valence-corrected chi connectivity index (χ3v) is 3.27. The van der Waals surface area contributed by atoms with Crippen LogP contribution in [0.4, 0.5) is 0 Å². The molecule has 2 rings (SSSR count). The van der Waals surface area contributed by atoms with Crippen LogP contribution < -0.4 is 0 Å². The van der Waals surface area contributed by atoms with Crippen molar-refractivity contribution >= 4 is 0 Å². The van der Waals surface area contributed by atoms with E-state index >= 15 is 0 Å². The van der Waals surface area contributed by atoms with E-state index in [0.29, 0.717) is 6.10 Å². The van der Waals surface area contributed by atoms with E-state index in [2.05, 4.69) is 20.8 Å². The largest absolute Gasteiger partial charge is 0.347 e. The van der Waals surface area contributed by atoms with E-state index in [4.69, 9.17) is 9.47 Å². The van der Waals surface area contributed by atoms with Crippen molar-refractivity contribution in [2.75, 3.05) is 0 Å². The van der Waals surface area contributed by atoms with E-state index in [0.717, 1.165) is 19.3 Å². The minimum Gasteiger partial charge on any atom is -0.347 e. The zero-order valence-corrected chi connectivity index (χ0v) is 9.64. The second-order valence-corrected chi connectivity index (χ2v) is 5.47. The van der Waals surface area contributed by atoms with Gasteiger partial charge in [-0.25, -0.2) is 0 Å². The van der Waals surface area contributed by atoms with Crippen LogP contribution in [0.1, 0.15) is 59.3 Å². The number of rotatable bonds is 0. The lowest BCUT2D eigenvalue weighted by Crippen LogP contribution is -2.52. The van der Waals surface area contributed by atoms with E-state index in [-0.39, 0.29) is 11.4 Å². The predicted octanol–water partition coefficient (Wildman–Crippen LogP) is 3.25. The summed E-state index contributed by atoms with van der Waals surface area (Å²) in [4.78, 5) is 0. The lowest BCUT2D eigenvalue weighted by atomic mass is 9.89. The van der Waals surface area contributed by atoms with Gasteiger partial charge in [0.1, 0.15) is 0 Å². The molecule has 14 heavy (non-hydrogen) atoms. The third kappa shape index (κ3) is 2.12. The monoisotopic (exact) mass is 198 g/mol. The predicted molar refractivity (Wildman–Crippen MR) is 56.1 cm³/mol. The van der Waals surface area contributed by atoms with Crippen molar-refractivity contribution in [1.29, 1.82) is 0 Å². The first kappa shape index (κ1) is 10.4. The summed E-state index contributed by atoms with van der Waals surface area (Å²) in [6.45, 7) is 6.53. The Kier molecular flexibility index (Phi) is 2.61. The van der Waals surface area contributed by atoms with Gasteiger partial charge in [0, 0.05) is 19.3 Å². The highest BCUT2D eigenvalue weighted by Crippen LogP contribution is 2.42. The molecule has 0 unspecified atom stereocenters. The van der Waals surface area contributed by atoms with E-state index in [1.54, 1.807) is 0 Å². The molecule has 1 atom stereocenters. The average Bonchev–Trinajstić information content (AvgIpc) is 2.00. The Hall–Kier alpha value is -0.0800. The minimum atomic E-state index is -0.237.